The van der Waals surface area contributed by atoms with Crippen LogP contribution in [0.4, 0.5) is 5.69 Å². The summed E-state index contributed by atoms with van der Waals surface area (Å²) in [6.45, 7) is -0.299. The maximum absolute atomic E-state index is 12.5. The third-order valence-electron chi connectivity index (χ3n) is 3.88. The number of hydrogen-bond donors (Lipinski definition) is 0. The van der Waals surface area contributed by atoms with Gasteiger partial charge in [0.1, 0.15) is 17.2 Å². The quantitative estimate of drug-likeness (QED) is 0.498. The monoisotopic (exact) mass is 403 g/mol. The first-order chi connectivity index (χ1) is 14.0. The zero-order valence-corrected chi connectivity index (χ0v) is 16.5. The molecule has 0 saturated carbocycles. The molecule has 0 saturated heterocycles. The van der Waals surface area contributed by atoms with Gasteiger partial charge in [0.2, 0.25) is 0 Å². The lowest BCUT2D eigenvalue weighted by atomic mass is 10.1. The van der Waals surface area contributed by atoms with Crippen molar-refractivity contribution in [3.8, 4) is 11.5 Å². The van der Waals surface area contributed by atoms with E-state index in [4.69, 9.17) is 18.9 Å². The Labute approximate surface area is 167 Å². The van der Waals surface area contributed by atoms with E-state index < -0.39 is 17.9 Å². The van der Waals surface area contributed by atoms with Crippen molar-refractivity contribution in [1.82, 2.24) is 0 Å². The molecular weight excluding hydrogens is 382 g/mol. The molecule has 0 aliphatic carbocycles. The van der Waals surface area contributed by atoms with Crippen LogP contribution < -0.4 is 14.4 Å². The lowest BCUT2D eigenvalue weighted by Crippen LogP contribution is -2.27. The van der Waals surface area contributed by atoms with Gasteiger partial charge in [-0.2, -0.15) is 0 Å². The third kappa shape index (κ3) is 4.95. The highest BCUT2D eigenvalue weighted by Gasteiger charge is 2.29. The number of rotatable bonds is 7. The van der Waals surface area contributed by atoms with E-state index in [1.807, 2.05) is 0 Å². The average molecular weight is 403 g/mol. The van der Waals surface area contributed by atoms with Gasteiger partial charge in [0, 0.05) is 12.3 Å². The van der Waals surface area contributed by atoms with E-state index in [0.717, 1.165) is 0 Å². The van der Waals surface area contributed by atoms with Gasteiger partial charge in [-0.25, -0.2) is 14.4 Å². The molecule has 0 bridgehead atoms. The summed E-state index contributed by atoms with van der Waals surface area (Å²) < 4.78 is 25.0. The second-order valence-electron chi connectivity index (χ2n) is 5.51. The van der Waals surface area contributed by atoms with Gasteiger partial charge >= 0.3 is 17.9 Å². The first-order valence-corrected chi connectivity index (χ1v) is 8.39. The summed E-state index contributed by atoms with van der Waals surface area (Å²) in [5.41, 5.74) is 0.289. The number of allylic oxidation sites excluding steroid dienone is 2. The number of anilines is 1. The van der Waals surface area contributed by atoms with E-state index in [1.54, 1.807) is 36.6 Å². The second-order valence-corrected chi connectivity index (χ2v) is 5.51. The summed E-state index contributed by atoms with van der Waals surface area (Å²) in [5, 5.41) is 0. The van der Waals surface area contributed by atoms with Gasteiger partial charge in [-0.3, -0.25) is 0 Å². The van der Waals surface area contributed by atoms with Crippen LogP contribution in [0.2, 0.25) is 0 Å². The number of benzene rings is 1. The van der Waals surface area contributed by atoms with E-state index in [1.165, 1.54) is 39.4 Å². The van der Waals surface area contributed by atoms with Crippen molar-refractivity contribution in [1.29, 1.82) is 0 Å². The number of carbonyl (C=O) groups is 3. The Morgan fingerprint density at radius 1 is 0.931 bits per heavy atom. The number of ether oxygens (including phenoxy) is 5. The number of methoxy groups -OCH3 is 4. The zero-order chi connectivity index (χ0) is 21.4. The molecule has 1 heterocycles. The summed E-state index contributed by atoms with van der Waals surface area (Å²) in [6.07, 6.45) is 6.21. The predicted molar refractivity (Wildman–Crippen MR) is 102 cm³/mol. The van der Waals surface area contributed by atoms with Gasteiger partial charge in [-0.05, 0) is 24.3 Å². The van der Waals surface area contributed by atoms with E-state index in [9.17, 15) is 14.4 Å². The summed E-state index contributed by atoms with van der Waals surface area (Å²) >= 11 is 0. The molecule has 0 radical (unpaired) electrons. The first-order valence-electron chi connectivity index (χ1n) is 8.39. The Hall–Kier alpha value is -3.75. The number of esters is 3. The van der Waals surface area contributed by atoms with E-state index in [2.05, 4.69) is 4.74 Å². The molecule has 0 unspecified atom stereocenters. The first kappa shape index (κ1) is 21.5. The van der Waals surface area contributed by atoms with Gasteiger partial charge in [-0.1, -0.05) is 6.08 Å². The Bertz CT molecular complexity index is 884. The van der Waals surface area contributed by atoms with Crippen LogP contribution in [-0.4, -0.2) is 53.0 Å². The molecule has 29 heavy (non-hydrogen) atoms. The fraction of sp³-hybridized carbons (Fsp3) is 0.250. The third-order valence-corrected chi connectivity index (χ3v) is 3.88. The van der Waals surface area contributed by atoms with Crippen molar-refractivity contribution < 1.29 is 38.1 Å². The van der Waals surface area contributed by atoms with Crippen LogP contribution in [0, 0.1) is 0 Å². The molecule has 0 fully saturated rings. The highest BCUT2D eigenvalue weighted by molar-refractivity contribution is 6.05. The standard InChI is InChI=1S/C20H21NO8/c1-25-16-9-8-13(29-12-17(22)26-2)11-15(16)21-10-6-5-7-14(19(23)27-3)18(21)20(24)28-4/h5-11H,12H2,1-4H3. The van der Waals surface area contributed by atoms with Crippen molar-refractivity contribution in [3.05, 3.63) is 53.9 Å². The summed E-state index contributed by atoms with van der Waals surface area (Å²) in [4.78, 5) is 37.6. The molecule has 1 aliphatic rings. The molecule has 0 aromatic heterocycles. The highest BCUT2D eigenvalue weighted by Crippen LogP contribution is 2.36. The maximum Gasteiger partial charge on any atom is 0.355 e. The predicted octanol–water partition coefficient (Wildman–Crippen LogP) is 1.74. The molecule has 154 valence electrons. The molecule has 0 spiro atoms. The summed E-state index contributed by atoms with van der Waals surface area (Å²) in [6, 6.07) is 4.74. The highest BCUT2D eigenvalue weighted by atomic mass is 16.6. The molecule has 2 rings (SSSR count). The van der Waals surface area contributed by atoms with Crippen LogP contribution in [0.1, 0.15) is 0 Å². The Kier molecular flexibility index (Phi) is 7.41. The van der Waals surface area contributed by atoms with Gasteiger partial charge in [-0.15, -0.1) is 0 Å². The fourth-order valence-electron chi connectivity index (χ4n) is 2.50. The Balaban J connectivity index is 2.60. The lowest BCUT2D eigenvalue weighted by Gasteiger charge is -2.25. The van der Waals surface area contributed by atoms with Crippen LogP contribution in [0.3, 0.4) is 0 Å². The number of carbonyl (C=O) groups excluding carboxylic acids is 3. The summed E-state index contributed by atoms with van der Waals surface area (Å²) in [7, 11) is 5.12. The normalized spacial score (nSPS) is 12.9. The molecule has 0 atom stereocenters. The largest absolute Gasteiger partial charge is 0.495 e. The van der Waals surface area contributed by atoms with Gasteiger partial charge in [0.25, 0.3) is 0 Å². The average Bonchev–Trinajstić information content (AvgIpc) is 2.98. The molecule has 0 amide bonds. The minimum Gasteiger partial charge on any atom is -0.495 e. The molecule has 1 aromatic rings. The van der Waals surface area contributed by atoms with Crippen LogP contribution in [0.5, 0.6) is 11.5 Å². The van der Waals surface area contributed by atoms with Crippen LogP contribution in [-0.2, 0) is 28.6 Å². The number of hydrogen-bond acceptors (Lipinski definition) is 9. The molecule has 1 aliphatic heterocycles. The van der Waals surface area contributed by atoms with Crippen LogP contribution >= 0.6 is 0 Å². The Morgan fingerprint density at radius 2 is 1.66 bits per heavy atom. The van der Waals surface area contributed by atoms with Gasteiger partial charge in [0.05, 0.1) is 39.7 Å². The van der Waals surface area contributed by atoms with E-state index in [-0.39, 0.29) is 17.9 Å². The molecule has 1 aromatic carbocycles. The van der Waals surface area contributed by atoms with Crippen molar-refractivity contribution >= 4 is 23.6 Å². The van der Waals surface area contributed by atoms with Crippen molar-refractivity contribution in [2.24, 2.45) is 0 Å². The molecule has 9 heteroatoms. The topological polar surface area (TPSA) is 101 Å². The molecule has 9 nitrogen and oxygen atoms in total. The second kappa shape index (κ2) is 9.98. The van der Waals surface area contributed by atoms with Crippen LogP contribution in [0.15, 0.2) is 53.9 Å². The van der Waals surface area contributed by atoms with Gasteiger partial charge in [0.15, 0.2) is 6.61 Å². The lowest BCUT2D eigenvalue weighted by molar-refractivity contribution is -0.143. The van der Waals surface area contributed by atoms with Gasteiger partial charge < -0.3 is 28.6 Å². The zero-order valence-electron chi connectivity index (χ0n) is 16.5. The SMILES string of the molecule is COC(=O)COc1ccc(OC)c(N2C=CC=CC(C(=O)OC)=C2C(=O)OC)c1. The van der Waals surface area contributed by atoms with Crippen molar-refractivity contribution in [2.75, 3.05) is 39.9 Å². The maximum atomic E-state index is 12.5. The number of nitrogens with zero attached hydrogens (tertiary/aromatic N) is 1. The summed E-state index contributed by atoms with van der Waals surface area (Å²) in [5.74, 6) is -1.32. The minimum absolute atomic E-state index is 0.00714. The van der Waals surface area contributed by atoms with E-state index >= 15 is 0 Å². The van der Waals surface area contributed by atoms with Crippen LogP contribution in [0.25, 0.3) is 0 Å². The smallest absolute Gasteiger partial charge is 0.355 e. The molecule has 0 N–H and O–H groups in total. The van der Waals surface area contributed by atoms with Crippen molar-refractivity contribution in [2.45, 2.75) is 0 Å². The minimum atomic E-state index is -0.760. The molecular formula is C20H21NO8. The Morgan fingerprint density at radius 3 is 2.28 bits per heavy atom. The van der Waals surface area contributed by atoms with E-state index in [0.29, 0.717) is 17.2 Å². The fourth-order valence-corrected chi connectivity index (χ4v) is 2.50. The van der Waals surface area contributed by atoms with Crippen molar-refractivity contribution in [3.63, 3.8) is 0 Å².